The summed E-state index contributed by atoms with van der Waals surface area (Å²) < 4.78 is 5.13. The van der Waals surface area contributed by atoms with E-state index in [-0.39, 0.29) is 12.3 Å². The molecule has 3 rings (SSSR count). The Morgan fingerprint density at radius 2 is 1.78 bits per heavy atom. The van der Waals surface area contributed by atoms with Gasteiger partial charge in [-0.1, -0.05) is 12.1 Å². The molecule has 0 saturated heterocycles. The minimum Gasteiger partial charge on any atom is -0.462 e. The number of ether oxygens (including phenoxy) is 1. The van der Waals surface area contributed by atoms with Gasteiger partial charge in [-0.05, 0) is 37.3 Å². The van der Waals surface area contributed by atoms with E-state index in [1.165, 1.54) is 18.3 Å². The van der Waals surface area contributed by atoms with E-state index in [0.717, 1.165) is 0 Å². The zero-order valence-electron chi connectivity index (χ0n) is 17.2. The minimum absolute atomic E-state index is 0.0742. The number of aromatic nitrogens is 2. The van der Waals surface area contributed by atoms with Crippen molar-refractivity contribution < 1.29 is 14.5 Å². The number of pyridine rings is 2. The van der Waals surface area contributed by atoms with Crippen LogP contribution >= 0.6 is 0 Å². The average Bonchev–Trinajstić information content (AvgIpc) is 2.82. The molecule has 2 aromatic heterocycles. The lowest BCUT2D eigenvalue weighted by Crippen LogP contribution is -2.16. The minimum atomic E-state index is -0.505. The average molecular weight is 432 g/mol. The number of esters is 1. The van der Waals surface area contributed by atoms with Crippen molar-refractivity contribution >= 4 is 23.3 Å². The van der Waals surface area contributed by atoms with Gasteiger partial charge in [0.25, 0.3) is 5.69 Å². The molecule has 0 amide bonds. The van der Waals surface area contributed by atoms with Gasteiger partial charge in [0.1, 0.15) is 17.8 Å². The van der Waals surface area contributed by atoms with Crippen molar-refractivity contribution in [3.8, 4) is 17.3 Å². The molecule has 0 unspecified atom stereocenters. The van der Waals surface area contributed by atoms with Gasteiger partial charge in [-0.2, -0.15) is 5.26 Å². The highest BCUT2D eigenvalue weighted by Crippen LogP contribution is 2.25. The Kier molecular flexibility index (Phi) is 7.27. The van der Waals surface area contributed by atoms with Crippen molar-refractivity contribution in [3.63, 3.8) is 0 Å². The van der Waals surface area contributed by atoms with Gasteiger partial charge in [-0.3, -0.25) is 10.1 Å². The highest BCUT2D eigenvalue weighted by atomic mass is 16.6. The van der Waals surface area contributed by atoms with Crippen LogP contribution in [0.15, 0.2) is 54.7 Å². The predicted octanol–water partition coefficient (Wildman–Crippen LogP) is 3.62. The van der Waals surface area contributed by atoms with Crippen LogP contribution in [-0.4, -0.2) is 40.6 Å². The Hall–Kier alpha value is -4.52. The highest BCUT2D eigenvalue weighted by Gasteiger charge is 2.16. The Bertz CT molecular complexity index is 1140. The molecule has 0 aliphatic carbocycles. The van der Waals surface area contributed by atoms with Crippen molar-refractivity contribution in [2.75, 3.05) is 30.3 Å². The quantitative estimate of drug-likeness (QED) is 0.224. The van der Waals surface area contributed by atoms with E-state index >= 15 is 0 Å². The lowest BCUT2D eigenvalue weighted by atomic mass is 10.0. The molecule has 1 aromatic carbocycles. The molecule has 32 heavy (non-hydrogen) atoms. The number of anilines is 2. The van der Waals surface area contributed by atoms with Crippen molar-refractivity contribution in [2.24, 2.45) is 0 Å². The number of nitro groups is 1. The van der Waals surface area contributed by atoms with Crippen LogP contribution in [0.2, 0.25) is 0 Å². The molecule has 3 aromatic rings. The number of rotatable bonds is 9. The first-order chi connectivity index (χ1) is 15.5. The summed E-state index contributed by atoms with van der Waals surface area (Å²) >= 11 is 0. The SMILES string of the molecule is CCOC(=O)c1ccc(NCCNc2ccc([N+](=O)[O-])cn2)nc1-c1ccc(C#N)cc1. The van der Waals surface area contributed by atoms with Crippen LogP contribution in [0.5, 0.6) is 0 Å². The Balaban J connectivity index is 1.70. The molecule has 162 valence electrons. The van der Waals surface area contributed by atoms with Gasteiger partial charge < -0.3 is 15.4 Å². The first-order valence-corrected chi connectivity index (χ1v) is 9.78. The van der Waals surface area contributed by atoms with Crippen molar-refractivity contribution in [3.05, 3.63) is 76.0 Å². The lowest BCUT2D eigenvalue weighted by molar-refractivity contribution is -0.385. The van der Waals surface area contributed by atoms with Crippen molar-refractivity contribution in [2.45, 2.75) is 6.92 Å². The fraction of sp³-hybridized carbons (Fsp3) is 0.182. The maximum atomic E-state index is 12.4. The van der Waals surface area contributed by atoms with Gasteiger partial charge in [-0.25, -0.2) is 14.8 Å². The number of nitrogens with zero attached hydrogens (tertiary/aromatic N) is 4. The summed E-state index contributed by atoms with van der Waals surface area (Å²) in [7, 11) is 0. The van der Waals surface area contributed by atoms with E-state index < -0.39 is 10.9 Å². The molecule has 2 N–H and O–H groups in total. The molecule has 10 heteroatoms. The van der Waals surface area contributed by atoms with Crippen LogP contribution in [0.3, 0.4) is 0 Å². The maximum absolute atomic E-state index is 12.4. The lowest BCUT2D eigenvalue weighted by Gasteiger charge is -2.12. The third kappa shape index (κ3) is 5.54. The number of carbonyl (C=O) groups is 1. The third-order valence-corrected chi connectivity index (χ3v) is 4.37. The van der Waals surface area contributed by atoms with Gasteiger partial charge in [-0.15, -0.1) is 0 Å². The predicted molar refractivity (Wildman–Crippen MR) is 118 cm³/mol. The van der Waals surface area contributed by atoms with E-state index in [1.807, 2.05) is 0 Å². The second-order valence-electron chi connectivity index (χ2n) is 6.51. The van der Waals surface area contributed by atoms with E-state index in [9.17, 15) is 14.9 Å². The van der Waals surface area contributed by atoms with Crippen molar-refractivity contribution in [1.29, 1.82) is 5.26 Å². The smallest absolute Gasteiger partial charge is 0.340 e. The standard InChI is InChI=1S/C22H20N6O4/c1-2-32-22(29)18-8-10-20(27-21(18)16-5-3-15(13-23)4-6-16)25-12-11-24-19-9-7-17(14-26-19)28(30)31/h3-10,14H,2,11-12H2,1H3,(H,24,26)(H,25,27). The first kappa shape index (κ1) is 22.2. The summed E-state index contributed by atoms with van der Waals surface area (Å²) in [6.07, 6.45) is 1.19. The molecule has 0 saturated carbocycles. The zero-order valence-corrected chi connectivity index (χ0v) is 17.2. The normalized spacial score (nSPS) is 10.1. The number of hydrogen-bond donors (Lipinski definition) is 2. The number of carbonyl (C=O) groups excluding carboxylic acids is 1. The second kappa shape index (κ2) is 10.5. The molecule has 0 spiro atoms. The van der Waals surface area contributed by atoms with Gasteiger partial charge >= 0.3 is 5.97 Å². The van der Waals surface area contributed by atoms with Crippen molar-refractivity contribution in [1.82, 2.24) is 9.97 Å². The first-order valence-electron chi connectivity index (χ1n) is 9.78. The second-order valence-corrected chi connectivity index (χ2v) is 6.51. The maximum Gasteiger partial charge on any atom is 0.340 e. The fourth-order valence-corrected chi connectivity index (χ4v) is 2.83. The summed E-state index contributed by atoms with van der Waals surface area (Å²) in [5, 5.41) is 25.9. The molecule has 0 aliphatic rings. The number of hydrogen-bond acceptors (Lipinski definition) is 9. The number of nitrogens with one attached hydrogen (secondary N) is 2. The van der Waals surface area contributed by atoms with Gasteiger partial charge in [0, 0.05) is 24.7 Å². The van der Waals surface area contributed by atoms with E-state index in [0.29, 0.717) is 47.1 Å². The van der Waals surface area contributed by atoms with Gasteiger partial charge in [0.15, 0.2) is 0 Å². The topological polar surface area (TPSA) is 143 Å². The van der Waals surface area contributed by atoms with Crippen LogP contribution in [0.25, 0.3) is 11.3 Å². The van der Waals surface area contributed by atoms with Crippen LogP contribution < -0.4 is 10.6 Å². The number of nitriles is 1. The van der Waals surface area contributed by atoms with Crippen LogP contribution in [-0.2, 0) is 4.74 Å². The Morgan fingerprint density at radius 1 is 1.09 bits per heavy atom. The van der Waals surface area contributed by atoms with Gasteiger partial charge in [0.2, 0.25) is 0 Å². The van der Waals surface area contributed by atoms with Gasteiger partial charge in [0.05, 0.1) is 34.4 Å². The summed E-state index contributed by atoms with van der Waals surface area (Å²) in [5.74, 6) is 0.592. The zero-order chi connectivity index (χ0) is 22.9. The molecule has 10 nitrogen and oxygen atoms in total. The third-order valence-electron chi connectivity index (χ3n) is 4.37. The molecular weight excluding hydrogens is 412 g/mol. The van der Waals surface area contributed by atoms with Crippen LogP contribution in [0.1, 0.15) is 22.8 Å². The molecule has 0 bridgehead atoms. The summed E-state index contributed by atoms with van der Waals surface area (Å²) in [6.45, 7) is 2.94. The fourth-order valence-electron chi connectivity index (χ4n) is 2.83. The molecular formula is C22H20N6O4. The molecule has 0 fully saturated rings. The van der Waals surface area contributed by atoms with E-state index in [2.05, 4.69) is 26.7 Å². The van der Waals surface area contributed by atoms with E-state index in [1.54, 1.807) is 43.3 Å². The summed E-state index contributed by atoms with van der Waals surface area (Å²) in [4.78, 5) is 31.1. The molecule has 0 radical (unpaired) electrons. The van der Waals surface area contributed by atoms with E-state index in [4.69, 9.17) is 10.00 Å². The monoisotopic (exact) mass is 432 g/mol. The van der Waals surface area contributed by atoms with Crippen LogP contribution in [0.4, 0.5) is 17.3 Å². The Labute approximate surface area is 184 Å². The molecule has 0 aliphatic heterocycles. The summed E-state index contributed by atoms with van der Waals surface area (Å²) in [5.41, 5.74) is 1.89. The summed E-state index contributed by atoms with van der Waals surface area (Å²) in [6, 6.07) is 15.1. The Morgan fingerprint density at radius 3 is 2.38 bits per heavy atom. The highest BCUT2D eigenvalue weighted by molar-refractivity contribution is 5.96. The number of benzene rings is 1. The molecule has 2 heterocycles. The molecule has 0 atom stereocenters. The largest absolute Gasteiger partial charge is 0.462 e. The van der Waals surface area contributed by atoms with Crippen LogP contribution in [0, 0.1) is 21.4 Å².